The molecule has 0 radical (unpaired) electrons. The molecule has 22 heavy (non-hydrogen) atoms. The summed E-state index contributed by atoms with van der Waals surface area (Å²) in [7, 11) is 0. The highest BCUT2D eigenvalue weighted by atomic mass is 32.1. The van der Waals surface area contributed by atoms with Crippen molar-refractivity contribution in [3.05, 3.63) is 46.2 Å². The molecule has 0 aliphatic rings. The number of anilines is 2. The molecule has 0 bridgehead atoms. The summed E-state index contributed by atoms with van der Waals surface area (Å²) >= 11 is 1.75. The van der Waals surface area contributed by atoms with Crippen LogP contribution in [-0.2, 0) is 11.3 Å². The molecule has 0 fully saturated rings. The van der Waals surface area contributed by atoms with Gasteiger partial charge in [-0.2, -0.15) is 0 Å². The lowest BCUT2D eigenvalue weighted by Crippen LogP contribution is -2.27. The molecule has 2 aromatic rings. The van der Waals surface area contributed by atoms with Crippen molar-refractivity contribution < 1.29 is 9.53 Å². The largest absolute Gasteiger partial charge is 0.444 e. The number of carbonyl (C=O) groups is 1. The van der Waals surface area contributed by atoms with E-state index >= 15 is 0 Å². The Morgan fingerprint density at radius 2 is 1.77 bits per heavy atom. The number of hydrogen-bond acceptors (Lipinski definition) is 4. The van der Waals surface area contributed by atoms with Crippen molar-refractivity contribution in [1.82, 2.24) is 0 Å². The smallest absolute Gasteiger partial charge is 0.412 e. The fourth-order valence-electron chi connectivity index (χ4n) is 1.86. The Morgan fingerprint density at radius 3 is 2.32 bits per heavy atom. The van der Waals surface area contributed by atoms with Gasteiger partial charge < -0.3 is 10.1 Å². The molecule has 1 aromatic heterocycles. The van der Waals surface area contributed by atoms with Crippen LogP contribution in [0.4, 0.5) is 16.2 Å². The van der Waals surface area contributed by atoms with Crippen LogP contribution in [-0.4, -0.2) is 11.7 Å². The van der Waals surface area contributed by atoms with Gasteiger partial charge in [0.25, 0.3) is 0 Å². The van der Waals surface area contributed by atoms with Crippen LogP contribution < -0.4 is 10.6 Å². The SMILES string of the molecule is Cc1ccsc1CNc1ccc(NC(=O)OC(C)(C)C)cc1. The van der Waals surface area contributed by atoms with Crippen LogP contribution in [0.1, 0.15) is 31.2 Å². The summed E-state index contributed by atoms with van der Waals surface area (Å²) in [6.07, 6.45) is -0.442. The maximum atomic E-state index is 11.7. The molecule has 2 N–H and O–H groups in total. The summed E-state index contributed by atoms with van der Waals surface area (Å²) < 4.78 is 5.22. The fraction of sp³-hybridized carbons (Fsp3) is 0.353. The molecule has 0 saturated carbocycles. The number of aryl methyl sites for hydroxylation is 1. The number of hydrogen-bond donors (Lipinski definition) is 2. The molecule has 0 saturated heterocycles. The van der Waals surface area contributed by atoms with E-state index in [1.54, 1.807) is 11.3 Å². The first-order chi connectivity index (χ1) is 10.3. The van der Waals surface area contributed by atoms with Gasteiger partial charge in [0, 0.05) is 22.8 Å². The summed E-state index contributed by atoms with van der Waals surface area (Å²) in [5.41, 5.74) is 2.54. The lowest BCUT2D eigenvalue weighted by Gasteiger charge is -2.19. The van der Waals surface area contributed by atoms with E-state index in [1.165, 1.54) is 10.4 Å². The van der Waals surface area contributed by atoms with E-state index in [0.717, 1.165) is 12.2 Å². The van der Waals surface area contributed by atoms with Gasteiger partial charge in [0.2, 0.25) is 0 Å². The minimum Gasteiger partial charge on any atom is -0.444 e. The molecule has 0 spiro atoms. The Balaban J connectivity index is 1.87. The van der Waals surface area contributed by atoms with Crippen molar-refractivity contribution in [3.63, 3.8) is 0 Å². The number of amides is 1. The third-order valence-corrected chi connectivity index (χ3v) is 3.97. The molecule has 1 amide bonds. The zero-order valence-electron chi connectivity index (χ0n) is 13.4. The van der Waals surface area contributed by atoms with Gasteiger partial charge in [0.1, 0.15) is 5.60 Å². The second-order valence-electron chi connectivity index (χ2n) is 6.08. The fourth-order valence-corrected chi connectivity index (χ4v) is 2.71. The Morgan fingerprint density at radius 1 is 1.14 bits per heavy atom. The molecule has 2 rings (SSSR count). The Labute approximate surface area is 135 Å². The van der Waals surface area contributed by atoms with Gasteiger partial charge in [-0.25, -0.2) is 4.79 Å². The maximum Gasteiger partial charge on any atom is 0.412 e. The predicted octanol–water partition coefficient (Wildman–Crippen LogP) is 5.02. The first-order valence-electron chi connectivity index (χ1n) is 7.20. The third kappa shape index (κ3) is 5.07. The van der Waals surface area contributed by atoms with Gasteiger partial charge in [0.05, 0.1) is 0 Å². The second kappa shape index (κ2) is 6.83. The molecule has 1 aromatic carbocycles. The Bertz CT molecular complexity index is 627. The number of rotatable bonds is 4. The Kier molecular flexibility index (Phi) is 5.08. The molecular formula is C17H22N2O2S. The summed E-state index contributed by atoms with van der Waals surface area (Å²) in [5.74, 6) is 0. The molecule has 0 aliphatic heterocycles. The highest BCUT2D eigenvalue weighted by molar-refractivity contribution is 7.10. The standard InChI is InChI=1S/C17H22N2O2S/c1-12-9-10-22-15(12)11-18-13-5-7-14(8-6-13)19-16(20)21-17(2,3)4/h5-10,18H,11H2,1-4H3,(H,19,20). The van der Waals surface area contributed by atoms with E-state index in [4.69, 9.17) is 4.74 Å². The van der Waals surface area contributed by atoms with Crippen LogP contribution in [0.25, 0.3) is 0 Å². The highest BCUT2D eigenvalue weighted by Gasteiger charge is 2.16. The summed E-state index contributed by atoms with van der Waals surface area (Å²) in [4.78, 5) is 13.0. The molecule has 0 unspecified atom stereocenters. The first kappa shape index (κ1) is 16.4. The number of benzene rings is 1. The van der Waals surface area contributed by atoms with Gasteiger partial charge in [-0.3, -0.25) is 5.32 Å². The van der Waals surface area contributed by atoms with Crippen molar-refractivity contribution in [1.29, 1.82) is 0 Å². The Hall–Kier alpha value is -2.01. The van der Waals surface area contributed by atoms with Crippen LogP contribution in [0.3, 0.4) is 0 Å². The van der Waals surface area contributed by atoms with Gasteiger partial charge >= 0.3 is 6.09 Å². The molecule has 1 heterocycles. The topological polar surface area (TPSA) is 50.4 Å². The highest BCUT2D eigenvalue weighted by Crippen LogP contribution is 2.19. The minimum absolute atomic E-state index is 0.442. The summed E-state index contributed by atoms with van der Waals surface area (Å²) in [6.45, 7) is 8.44. The number of carbonyl (C=O) groups excluding carboxylic acids is 1. The minimum atomic E-state index is -0.496. The monoisotopic (exact) mass is 318 g/mol. The van der Waals surface area contributed by atoms with Crippen molar-refractivity contribution in [3.8, 4) is 0 Å². The number of nitrogens with one attached hydrogen (secondary N) is 2. The van der Waals surface area contributed by atoms with Crippen LogP contribution in [0, 0.1) is 6.92 Å². The molecule has 118 valence electrons. The van der Waals surface area contributed by atoms with E-state index in [-0.39, 0.29) is 0 Å². The molecule has 0 atom stereocenters. The molecular weight excluding hydrogens is 296 g/mol. The number of thiophene rings is 1. The number of ether oxygens (including phenoxy) is 1. The lowest BCUT2D eigenvalue weighted by molar-refractivity contribution is 0.0636. The van der Waals surface area contributed by atoms with Gasteiger partial charge in [-0.15, -0.1) is 11.3 Å². The van der Waals surface area contributed by atoms with Crippen LogP contribution in [0.15, 0.2) is 35.7 Å². The van der Waals surface area contributed by atoms with E-state index < -0.39 is 11.7 Å². The average molecular weight is 318 g/mol. The quantitative estimate of drug-likeness (QED) is 0.832. The summed E-state index contributed by atoms with van der Waals surface area (Å²) in [6, 6.07) is 9.71. The molecule has 4 nitrogen and oxygen atoms in total. The predicted molar refractivity (Wildman–Crippen MR) is 92.7 cm³/mol. The van der Waals surface area contributed by atoms with E-state index in [2.05, 4.69) is 29.0 Å². The van der Waals surface area contributed by atoms with Crippen molar-refractivity contribution in [2.24, 2.45) is 0 Å². The first-order valence-corrected chi connectivity index (χ1v) is 8.08. The molecule has 0 aliphatic carbocycles. The van der Waals surface area contributed by atoms with Crippen molar-refractivity contribution >= 4 is 28.8 Å². The third-order valence-electron chi connectivity index (χ3n) is 2.95. The summed E-state index contributed by atoms with van der Waals surface area (Å²) in [5, 5.41) is 8.19. The van der Waals surface area contributed by atoms with E-state index in [9.17, 15) is 4.79 Å². The van der Waals surface area contributed by atoms with Crippen LogP contribution in [0.5, 0.6) is 0 Å². The van der Waals surface area contributed by atoms with Gasteiger partial charge in [-0.05, 0) is 69.0 Å². The zero-order chi connectivity index (χ0) is 16.2. The lowest BCUT2D eigenvalue weighted by atomic mass is 10.2. The van der Waals surface area contributed by atoms with Crippen molar-refractivity contribution in [2.75, 3.05) is 10.6 Å². The normalized spacial score (nSPS) is 11.1. The van der Waals surface area contributed by atoms with E-state index in [1.807, 2.05) is 45.0 Å². The van der Waals surface area contributed by atoms with Crippen molar-refractivity contribution in [2.45, 2.75) is 39.8 Å². The average Bonchev–Trinajstić information content (AvgIpc) is 2.81. The zero-order valence-corrected chi connectivity index (χ0v) is 14.2. The van der Waals surface area contributed by atoms with Gasteiger partial charge in [-0.1, -0.05) is 0 Å². The van der Waals surface area contributed by atoms with Crippen LogP contribution >= 0.6 is 11.3 Å². The van der Waals surface area contributed by atoms with Crippen LogP contribution in [0.2, 0.25) is 0 Å². The second-order valence-corrected chi connectivity index (χ2v) is 7.09. The van der Waals surface area contributed by atoms with Gasteiger partial charge in [0.15, 0.2) is 0 Å². The van der Waals surface area contributed by atoms with E-state index in [0.29, 0.717) is 5.69 Å². The molecule has 5 heteroatoms. The maximum absolute atomic E-state index is 11.7.